The highest BCUT2D eigenvalue weighted by Crippen LogP contribution is 2.12. The summed E-state index contributed by atoms with van der Waals surface area (Å²) >= 11 is 0. The Bertz CT molecular complexity index is 473. The van der Waals surface area contributed by atoms with E-state index in [1.165, 1.54) is 16.7 Å². The van der Waals surface area contributed by atoms with Crippen molar-refractivity contribution < 1.29 is 5.11 Å². The second-order valence-electron chi connectivity index (χ2n) is 4.51. The van der Waals surface area contributed by atoms with Gasteiger partial charge < -0.3 is 10.4 Å². The minimum absolute atomic E-state index is 0.205. The van der Waals surface area contributed by atoms with Gasteiger partial charge in [0.15, 0.2) is 0 Å². The largest absolute Gasteiger partial charge is 0.396 e. The number of aryl methyl sites for hydroxylation is 1. The maximum Gasteiger partial charge on any atom is 0.0471 e. The number of aliphatic hydroxyl groups excluding tert-OH is 1. The highest BCUT2D eigenvalue weighted by atomic mass is 16.2. The van der Waals surface area contributed by atoms with Crippen molar-refractivity contribution in [2.24, 2.45) is 0 Å². The third-order valence-electron chi connectivity index (χ3n) is 2.97. The maximum atomic E-state index is 8.85. The molecule has 0 atom stereocenters. The van der Waals surface area contributed by atoms with Crippen molar-refractivity contribution in [2.45, 2.75) is 19.9 Å². The van der Waals surface area contributed by atoms with Gasteiger partial charge in [0.05, 0.1) is 0 Å². The molecule has 2 aromatic carbocycles. The van der Waals surface area contributed by atoms with Crippen molar-refractivity contribution in [2.75, 3.05) is 11.9 Å². The van der Waals surface area contributed by atoms with Crippen molar-refractivity contribution in [3.05, 3.63) is 65.2 Å². The van der Waals surface area contributed by atoms with Crippen LogP contribution < -0.4 is 5.32 Å². The van der Waals surface area contributed by atoms with E-state index in [2.05, 4.69) is 48.6 Å². The molecule has 2 heteroatoms. The molecule has 2 rings (SSSR count). The normalized spacial score (nSPS) is 10.3. The molecule has 0 amide bonds. The van der Waals surface area contributed by atoms with Gasteiger partial charge in [-0.3, -0.25) is 0 Å². The van der Waals surface area contributed by atoms with E-state index in [1.54, 1.807) is 0 Å². The summed E-state index contributed by atoms with van der Waals surface area (Å²) in [7, 11) is 0. The fourth-order valence-corrected chi connectivity index (χ4v) is 1.83. The van der Waals surface area contributed by atoms with Crippen molar-refractivity contribution >= 4 is 5.69 Å². The topological polar surface area (TPSA) is 32.3 Å². The van der Waals surface area contributed by atoms with Crippen LogP contribution in [0.3, 0.4) is 0 Å². The third-order valence-corrected chi connectivity index (χ3v) is 2.97. The highest BCUT2D eigenvalue weighted by molar-refractivity contribution is 5.45. The van der Waals surface area contributed by atoms with Gasteiger partial charge in [-0.2, -0.15) is 0 Å². The van der Waals surface area contributed by atoms with Crippen LogP contribution in [-0.2, 0) is 13.0 Å². The lowest BCUT2D eigenvalue weighted by Gasteiger charge is -2.07. The summed E-state index contributed by atoms with van der Waals surface area (Å²) in [4.78, 5) is 0. The summed E-state index contributed by atoms with van der Waals surface area (Å²) in [5.74, 6) is 0. The van der Waals surface area contributed by atoms with Crippen LogP contribution in [0.15, 0.2) is 48.5 Å². The van der Waals surface area contributed by atoms with E-state index in [1.807, 2.05) is 12.1 Å². The molecule has 0 unspecified atom stereocenters. The summed E-state index contributed by atoms with van der Waals surface area (Å²) in [6, 6.07) is 16.7. The van der Waals surface area contributed by atoms with Gasteiger partial charge in [-0.25, -0.2) is 0 Å². The summed E-state index contributed by atoms with van der Waals surface area (Å²) in [5, 5.41) is 12.2. The maximum absolute atomic E-state index is 8.85. The molecular formula is C16H19NO. The van der Waals surface area contributed by atoms with Crippen molar-refractivity contribution in [3.63, 3.8) is 0 Å². The van der Waals surface area contributed by atoms with Gasteiger partial charge in [0.1, 0.15) is 0 Å². The number of hydrogen-bond acceptors (Lipinski definition) is 2. The zero-order valence-corrected chi connectivity index (χ0v) is 10.7. The molecule has 0 fully saturated rings. The molecule has 0 aromatic heterocycles. The van der Waals surface area contributed by atoms with Crippen LogP contribution in [-0.4, -0.2) is 11.7 Å². The Kier molecular flexibility index (Phi) is 4.37. The average Bonchev–Trinajstić information content (AvgIpc) is 2.40. The van der Waals surface area contributed by atoms with Crippen molar-refractivity contribution in [1.82, 2.24) is 0 Å². The third kappa shape index (κ3) is 3.60. The van der Waals surface area contributed by atoms with E-state index in [4.69, 9.17) is 5.11 Å². The first-order valence-corrected chi connectivity index (χ1v) is 6.27. The van der Waals surface area contributed by atoms with Gasteiger partial charge in [-0.15, -0.1) is 0 Å². The molecule has 0 bridgehead atoms. The second kappa shape index (κ2) is 6.22. The number of aliphatic hydroxyl groups is 1. The van der Waals surface area contributed by atoms with E-state index in [9.17, 15) is 0 Å². The second-order valence-corrected chi connectivity index (χ2v) is 4.51. The number of hydrogen-bond donors (Lipinski definition) is 2. The number of anilines is 1. The highest BCUT2D eigenvalue weighted by Gasteiger charge is 1.95. The van der Waals surface area contributed by atoms with Crippen LogP contribution in [0, 0.1) is 6.92 Å². The fraction of sp³-hybridized carbons (Fsp3) is 0.250. The van der Waals surface area contributed by atoms with Gasteiger partial charge in [0, 0.05) is 18.8 Å². The van der Waals surface area contributed by atoms with Crippen molar-refractivity contribution in [1.29, 1.82) is 0 Å². The fourth-order valence-electron chi connectivity index (χ4n) is 1.83. The summed E-state index contributed by atoms with van der Waals surface area (Å²) in [6.07, 6.45) is 0.720. The smallest absolute Gasteiger partial charge is 0.0471 e. The van der Waals surface area contributed by atoms with Gasteiger partial charge >= 0.3 is 0 Å². The molecule has 0 aliphatic heterocycles. The molecule has 0 spiro atoms. The van der Waals surface area contributed by atoms with E-state index in [0.717, 1.165) is 18.7 Å². The number of benzene rings is 2. The SMILES string of the molecule is Cc1ccc(CNc2ccc(CCO)cc2)cc1. The van der Waals surface area contributed by atoms with Crippen molar-refractivity contribution in [3.8, 4) is 0 Å². The molecule has 94 valence electrons. The lowest BCUT2D eigenvalue weighted by atomic mass is 10.1. The van der Waals surface area contributed by atoms with E-state index < -0.39 is 0 Å². The Morgan fingerprint density at radius 1 is 0.889 bits per heavy atom. The molecule has 0 heterocycles. The molecule has 0 radical (unpaired) electrons. The summed E-state index contributed by atoms with van der Waals surface area (Å²) in [6.45, 7) is 3.13. The molecule has 0 aliphatic rings. The quantitative estimate of drug-likeness (QED) is 0.843. The molecule has 2 N–H and O–H groups in total. The molecule has 0 saturated heterocycles. The first-order chi connectivity index (χ1) is 8.78. The summed E-state index contributed by atoms with van der Waals surface area (Å²) < 4.78 is 0. The van der Waals surface area contributed by atoms with Gasteiger partial charge in [-0.05, 0) is 36.6 Å². The van der Waals surface area contributed by atoms with Gasteiger partial charge in [-0.1, -0.05) is 42.0 Å². The molecule has 2 aromatic rings. The van der Waals surface area contributed by atoms with Crippen LogP contribution in [0.1, 0.15) is 16.7 Å². The zero-order chi connectivity index (χ0) is 12.8. The van der Waals surface area contributed by atoms with Crippen LogP contribution in [0.4, 0.5) is 5.69 Å². The lowest BCUT2D eigenvalue weighted by Crippen LogP contribution is -1.99. The molecule has 2 nitrogen and oxygen atoms in total. The summed E-state index contributed by atoms with van der Waals surface area (Å²) in [5.41, 5.74) is 4.84. The van der Waals surface area contributed by atoms with Crippen LogP contribution in [0.5, 0.6) is 0 Å². The average molecular weight is 241 g/mol. The number of nitrogens with one attached hydrogen (secondary N) is 1. The Morgan fingerprint density at radius 3 is 2.11 bits per heavy atom. The van der Waals surface area contributed by atoms with Crippen LogP contribution >= 0.6 is 0 Å². The van der Waals surface area contributed by atoms with E-state index >= 15 is 0 Å². The Balaban J connectivity index is 1.91. The Hall–Kier alpha value is -1.80. The molecule has 0 saturated carbocycles. The monoisotopic (exact) mass is 241 g/mol. The number of rotatable bonds is 5. The zero-order valence-electron chi connectivity index (χ0n) is 10.7. The Labute approximate surface area is 108 Å². The minimum Gasteiger partial charge on any atom is -0.396 e. The first kappa shape index (κ1) is 12.7. The predicted molar refractivity (Wildman–Crippen MR) is 75.7 cm³/mol. The van der Waals surface area contributed by atoms with E-state index in [-0.39, 0.29) is 6.61 Å². The van der Waals surface area contributed by atoms with Gasteiger partial charge in [0.25, 0.3) is 0 Å². The molecule has 0 aliphatic carbocycles. The standard InChI is InChI=1S/C16H19NO/c1-13-2-4-15(5-3-13)12-17-16-8-6-14(7-9-16)10-11-18/h2-9,17-18H,10-12H2,1H3. The first-order valence-electron chi connectivity index (χ1n) is 6.27. The minimum atomic E-state index is 0.205. The molecule has 18 heavy (non-hydrogen) atoms. The van der Waals surface area contributed by atoms with E-state index in [0.29, 0.717) is 0 Å². The van der Waals surface area contributed by atoms with Gasteiger partial charge in [0.2, 0.25) is 0 Å². The van der Waals surface area contributed by atoms with Crippen LogP contribution in [0.2, 0.25) is 0 Å². The molecular weight excluding hydrogens is 222 g/mol. The lowest BCUT2D eigenvalue weighted by molar-refractivity contribution is 0.299. The Morgan fingerprint density at radius 2 is 1.50 bits per heavy atom. The predicted octanol–water partition coefficient (Wildman–Crippen LogP) is 3.14. The van der Waals surface area contributed by atoms with Crippen LogP contribution in [0.25, 0.3) is 0 Å².